The lowest BCUT2D eigenvalue weighted by Crippen LogP contribution is -2.29. The first-order valence-corrected chi connectivity index (χ1v) is 10.3. The minimum atomic E-state index is -1.14. The lowest BCUT2D eigenvalue weighted by Gasteiger charge is -2.23. The molecule has 2 heterocycles. The van der Waals surface area contributed by atoms with Crippen LogP contribution in [0.25, 0.3) is 16.0 Å². The highest BCUT2D eigenvalue weighted by Crippen LogP contribution is 2.44. The lowest BCUT2D eigenvalue weighted by molar-refractivity contribution is -0.132. The molecule has 0 bridgehead atoms. The van der Waals surface area contributed by atoms with E-state index in [1.54, 1.807) is 42.5 Å². The summed E-state index contributed by atoms with van der Waals surface area (Å²) in [7, 11) is 0. The number of hydrogen-bond acceptors (Lipinski definition) is 5. The smallest absolute Gasteiger partial charge is 0.301 e. The molecule has 31 heavy (non-hydrogen) atoms. The Labute approximate surface area is 180 Å². The number of aliphatic hydroxyl groups is 1. The number of halogens is 1. The number of para-hydroxylation sites is 1. The van der Waals surface area contributed by atoms with Crippen LogP contribution in [0.5, 0.6) is 0 Å². The number of Topliss-reactive ketones (excluding diaryl/α,β-unsaturated/α-hetero) is 1. The van der Waals surface area contributed by atoms with Crippen LogP contribution in [-0.2, 0) is 9.59 Å². The van der Waals surface area contributed by atoms with E-state index < -0.39 is 23.5 Å². The number of hydrogen-bond donors (Lipinski definition) is 1. The normalized spacial score (nSPS) is 18.1. The second-order valence-corrected chi connectivity index (χ2v) is 8.03. The molecule has 7 heteroatoms. The highest BCUT2D eigenvalue weighted by atomic mass is 32.1. The van der Waals surface area contributed by atoms with Gasteiger partial charge in [-0.1, -0.05) is 72.0 Å². The summed E-state index contributed by atoms with van der Waals surface area (Å²) in [4.78, 5) is 31.8. The number of anilines is 1. The average Bonchev–Trinajstić information content (AvgIpc) is 3.33. The number of ketones is 1. The molecule has 1 saturated heterocycles. The number of amides is 1. The number of rotatable bonds is 3. The molecule has 1 fully saturated rings. The van der Waals surface area contributed by atoms with Gasteiger partial charge in [-0.25, -0.2) is 9.37 Å². The number of carbonyl (C=O) groups excluding carboxylic acids is 2. The van der Waals surface area contributed by atoms with Crippen molar-refractivity contribution < 1.29 is 19.1 Å². The fraction of sp³-hybridized carbons (Fsp3) is 0.0417. The molecule has 152 valence electrons. The molecule has 1 amide bonds. The zero-order valence-electron chi connectivity index (χ0n) is 16.0. The largest absolute Gasteiger partial charge is 0.507 e. The molecule has 1 aliphatic rings. The van der Waals surface area contributed by atoms with Crippen molar-refractivity contribution in [2.75, 3.05) is 4.90 Å². The Morgan fingerprint density at radius 2 is 1.61 bits per heavy atom. The van der Waals surface area contributed by atoms with Crippen molar-refractivity contribution in [3.63, 3.8) is 0 Å². The van der Waals surface area contributed by atoms with E-state index in [9.17, 15) is 19.1 Å². The third-order valence-corrected chi connectivity index (χ3v) is 6.22. The number of nitrogens with zero attached hydrogens (tertiary/aromatic N) is 2. The molecule has 1 N–H and O–H groups in total. The number of fused-ring (bicyclic) bond motifs is 1. The van der Waals surface area contributed by atoms with Crippen LogP contribution in [0.2, 0.25) is 0 Å². The minimum Gasteiger partial charge on any atom is -0.507 e. The molecule has 5 nitrogen and oxygen atoms in total. The summed E-state index contributed by atoms with van der Waals surface area (Å²) in [6, 6.07) is 20.5. The van der Waals surface area contributed by atoms with Gasteiger partial charge in [0.25, 0.3) is 5.78 Å². The van der Waals surface area contributed by atoms with Crippen LogP contribution in [0.4, 0.5) is 9.52 Å². The topological polar surface area (TPSA) is 70.5 Å². The summed E-state index contributed by atoms with van der Waals surface area (Å²) in [6.07, 6.45) is 0. The Balaban J connectivity index is 1.77. The van der Waals surface area contributed by atoms with E-state index in [0.29, 0.717) is 11.1 Å². The van der Waals surface area contributed by atoms with Crippen LogP contribution < -0.4 is 4.90 Å². The van der Waals surface area contributed by atoms with Gasteiger partial charge in [0.2, 0.25) is 0 Å². The maximum absolute atomic E-state index is 14.9. The summed E-state index contributed by atoms with van der Waals surface area (Å²) in [6.45, 7) is 0. The van der Waals surface area contributed by atoms with Gasteiger partial charge in [-0.3, -0.25) is 14.5 Å². The van der Waals surface area contributed by atoms with Gasteiger partial charge < -0.3 is 5.11 Å². The van der Waals surface area contributed by atoms with Crippen LogP contribution in [-0.4, -0.2) is 21.8 Å². The van der Waals surface area contributed by atoms with Gasteiger partial charge in [0.1, 0.15) is 17.6 Å². The van der Waals surface area contributed by atoms with Crippen molar-refractivity contribution in [3.05, 3.63) is 101 Å². The highest BCUT2D eigenvalue weighted by Gasteiger charge is 2.49. The van der Waals surface area contributed by atoms with E-state index in [1.807, 2.05) is 18.2 Å². The van der Waals surface area contributed by atoms with Crippen LogP contribution in [0.1, 0.15) is 17.2 Å². The van der Waals surface area contributed by atoms with Gasteiger partial charge in [0.15, 0.2) is 5.13 Å². The Kier molecular flexibility index (Phi) is 4.60. The second-order valence-electron chi connectivity index (χ2n) is 7.02. The van der Waals surface area contributed by atoms with Gasteiger partial charge in [0, 0.05) is 11.1 Å². The summed E-state index contributed by atoms with van der Waals surface area (Å²) in [5.74, 6) is -2.67. The maximum Gasteiger partial charge on any atom is 0.301 e. The molecule has 1 aromatic heterocycles. The number of carbonyl (C=O) groups is 2. The summed E-state index contributed by atoms with van der Waals surface area (Å²) in [5.41, 5.74) is 0.977. The van der Waals surface area contributed by atoms with Crippen LogP contribution >= 0.6 is 11.3 Å². The molecular formula is C24H15FN2O3S. The monoisotopic (exact) mass is 430 g/mol. The van der Waals surface area contributed by atoms with Gasteiger partial charge in [-0.2, -0.15) is 0 Å². The van der Waals surface area contributed by atoms with Crippen LogP contribution in [0.3, 0.4) is 0 Å². The van der Waals surface area contributed by atoms with Gasteiger partial charge in [-0.05, 0) is 18.2 Å². The third-order valence-electron chi connectivity index (χ3n) is 5.18. The molecule has 1 unspecified atom stereocenters. The molecule has 1 aliphatic heterocycles. The minimum absolute atomic E-state index is 0.110. The lowest BCUT2D eigenvalue weighted by atomic mass is 9.95. The zero-order valence-corrected chi connectivity index (χ0v) is 16.8. The third kappa shape index (κ3) is 3.10. The van der Waals surface area contributed by atoms with Crippen molar-refractivity contribution in [1.82, 2.24) is 4.98 Å². The first-order valence-electron chi connectivity index (χ1n) is 9.52. The van der Waals surface area contributed by atoms with Gasteiger partial charge in [0.05, 0.1) is 15.8 Å². The molecule has 4 aromatic rings. The van der Waals surface area contributed by atoms with E-state index in [2.05, 4.69) is 4.98 Å². The van der Waals surface area contributed by atoms with E-state index in [1.165, 1.54) is 34.4 Å². The maximum atomic E-state index is 14.9. The molecule has 1 atom stereocenters. The number of thiazole rings is 1. The van der Waals surface area contributed by atoms with Crippen LogP contribution in [0.15, 0.2) is 84.4 Å². The number of aromatic nitrogens is 1. The zero-order chi connectivity index (χ0) is 21.5. The standard InChI is InChI=1S/C24H15FN2O3S/c25-16-11-5-4-10-15(16)20-19(21(28)14-8-2-1-3-9-14)22(29)23(30)27(20)24-26-17-12-6-7-13-18(17)31-24/h1-13,20,28H. The summed E-state index contributed by atoms with van der Waals surface area (Å²) in [5, 5.41) is 11.2. The fourth-order valence-corrected chi connectivity index (χ4v) is 4.73. The van der Waals surface area contributed by atoms with Crippen molar-refractivity contribution in [1.29, 1.82) is 0 Å². The average molecular weight is 430 g/mol. The van der Waals surface area contributed by atoms with Gasteiger partial charge in [-0.15, -0.1) is 0 Å². The SMILES string of the molecule is O=C1C(=O)N(c2nc3ccccc3s2)C(c2ccccc2F)C1=C(O)c1ccccc1. The first-order chi connectivity index (χ1) is 15.1. The number of aliphatic hydroxyl groups excluding tert-OH is 1. The molecule has 5 rings (SSSR count). The number of benzene rings is 3. The van der Waals surface area contributed by atoms with E-state index >= 15 is 0 Å². The van der Waals surface area contributed by atoms with Gasteiger partial charge >= 0.3 is 5.91 Å². The summed E-state index contributed by atoms with van der Waals surface area (Å²) < 4.78 is 15.7. The van der Waals surface area contributed by atoms with E-state index in [4.69, 9.17) is 0 Å². The van der Waals surface area contributed by atoms with Crippen LogP contribution in [0, 0.1) is 5.82 Å². The molecule has 0 saturated carbocycles. The highest BCUT2D eigenvalue weighted by molar-refractivity contribution is 7.22. The molecule has 0 radical (unpaired) electrons. The Bertz CT molecular complexity index is 1330. The molecule has 0 aliphatic carbocycles. The predicted molar refractivity (Wildman–Crippen MR) is 117 cm³/mol. The molecule has 3 aromatic carbocycles. The Hall–Kier alpha value is -3.84. The Morgan fingerprint density at radius 3 is 2.35 bits per heavy atom. The molecule has 0 spiro atoms. The van der Waals surface area contributed by atoms with Crippen molar-refractivity contribution in [2.24, 2.45) is 0 Å². The van der Waals surface area contributed by atoms with E-state index in [-0.39, 0.29) is 22.0 Å². The first kappa shape index (κ1) is 19.1. The quantitative estimate of drug-likeness (QED) is 0.280. The second kappa shape index (κ2) is 7.45. The predicted octanol–water partition coefficient (Wildman–Crippen LogP) is 5.06. The fourth-order valence-electron chi connectivity index (χ4n) is 3.74. The van der Waals surface area contributed by atoms with Crippen molar-refractivity contribution in [2.45, 2.75) is 6.04 Å². The van der Waals surface area contributed by atoms with Crippen molar-refractivity contribution in [3.8, 4) is 0 Å². The Morgan fingerprint density at radius 1 is 0.935 bits per heavy atom. The van der Waals surface area contributed by atoms with Crippen molar-refractivity contribution >= 4 is 44.1 Å². The summed E-state index contributed by atoms with van der Waals surface area (Å²) >= 11 is 1.23. The van der Waals surface area contributed by atoms with E-state index in [0.717, 1.165) is 4.70 Å². The molecular weight excluding hydrogens is 415 g/mol.